The summed E-state index contributed by atoms with van der Waals surface area (Å²) in [6, 6.07) is 10.0. The number of benzene rings is 1. The van der Waals surface area contributed by atoms with Gasteiger partial charge in [0.1, 0.15) is 0 Å². The molecule has 0 radical (unpaired) electrons. The van der Waals surface area contributed by atoms with Gasteiger partial charge in [-0.15, -0.1) is 11.3 Å². The van der Waals surface area contributed by atoms with Crippen molar-refractivity contribution >= 4 is 49.5 Å². The van der Waals surface area contributed by atoms with Crippen molar-refractivity contribution < 1.29 is 0 Å². The van der Waals surface area contributed by atoms with Gasteiger partial charge in [0.2, 0.25) is 0 Å². The number of rotatable bonds is 3. The lowest BCUT2D eigenvalue weighted by Gasteiger charge is -2.10. The molecule has 2 heterocycles. The number of aryl methyl sites for hydroxylation is 1. The van der Waals surface area contributed by atoms with E-state index >= 15 is 0 Å². The molecule has 102 valence electrons. The summed E-state index contributed by atoms with van der Waals surface area (Å²) in [7, 11) is 0. The number of nitrogens with two attached hydrogens (primary N) is 1. The smallest absolute Gasteiger partial charge is 0.0727 e. The van der Waals surface area contributed by atoms with Gasteiger partial charge in [0.25, 0.3) is 0 Å². The van der Waals surface area contributed by atoms with E-state index in [2.05, 4.69) is 43.7 Å². The Bertz CT molecular complexity index is 767. The number of thiophene rings is 1. The monoisotopic (exact) mass is 347 g/mol. The summed E-state index contributed by atoms with van der Waals surface area (Å²) < 4.78 is 1.12. The molecule has 3 rings (SSSR count). The van der Waals surface area contributed by atoms with E-state index in [1.54, 1.807) is 11.3 Å². The zero-order valence-electron chi connectivity index (χ0n) is 11.0. The summed E-state index contributed by atoms with van der Waals surface area (Å²) in [6.45, 7) is 2.80. The number of nitrogens with one attached hydrogen (secondary N) is 1. The molecule has 1 aromatic carbocycles. The molecule has 0 amide bonds. The molecule has 3 N–H and O–H groups in total. The van der Waals surface area contributed by atoms with Crippen LogP contribution in [-0.2, 0) is 6.54 Å². The van der Waals surface area contributed by atoms with Gasteiger partial charge >= 0.3 is 0 Å². The van der Waals surface area contributed by atoms with Crippen molar-refractivity contribution in [3.63, 3.8) is 0 Å². The lowest BCUT2D eigenvalue weighted by molar-refractivity contribution is 1.18. The molecule has 2 aromatic heterocycles. The third-order valence-electron chi connectivity index (χ3n) is 3.04. The molecule has 0 bridgehead atoms. The lowest BCUT2D eigenvalue weighted by atomic mass is 10.1. The molecule has 0 spiro atoms. The molecule has 0 aliphatic carbocycles. The number of hydrogen-bond donors (Lipinski definition) is 2. The maximum absolute atomic E-state index is 5.88. The van der Waals surface area contributed by atoms with Crippen molar-refractivity contribution in [3.8, 4) is 0 Å². The van der Waals surface area contributed by atoms with Crippen LogP contribution in [0, 0.1) is 6.92 Å². The van der Waals surface area contributed by atoms with Crippen molar-refractivity contribution in [1.29, 1.82) is 0 Å². The Labute approximate surface area is 130 Å². The van der Waals surface area contributed by atoms with Gasteiger partial charge in [-0.25, -0.2) is 0 Å². The second-order valence-electron chi connectivity index (χ2n) is 4.67. The van der Waals surface area contributed by atoms with Crippen LogP contribution < -0.4 is 11.1 Å². The van der Waals surface area contributed by atoms with Gasteiger partial charge in [0.05, 0.1) is 5.52 Å². The van der Waals surface area contributed by atoms with Crippen molar-refractivity contribution in [2.75, 3.05) is 11.1 Å². The highest BCUT2D eigenvalue weighted by atomic mass is 79.9. The van der Waals surface area contributed by atoms with E-state index < -0.39 is 0 Å². The largest absolute Gasteiger partial charge is 0.399 e. The average molecular weight is 348 g/mol. The number of aromatic nitrogens is 1. The van der Waals surface area contributed by atoms with E-state index in [-0.39, 0.29) is 0 Å². The van der Waals surface area contributed by atoms with E-state index in [1.165, 1.54) is 4.88 Å². The Hall–Kier alpha value is -1.59. The van der Waals surface area contributed by atoms with E-state index in [0.29, 0.717) is 0 Å². The number of nitrogen functional groups attached to an aromatic ring is 1. The number of nitrogens with zero attached hydrogens (tertiary/aromatic N) is 1. The Morgan fingerprint density at radius 3 is 2.90 bits per heavy atom. The highest BCUT2D eigenvalue weighted by molar-refractivity contribution is 9.10. The number of anilines is 2. The highest BCUT2D eigenvalue weighted by Crippen LogP contribution is 2.27. The minimum Gasteiger partial charge on any atom is -0.399 e. The number of fused-ring (bicyclic) bond motifs is 1. The van der Waals surface area contributed by atoms with Gasteiger partial charge in [-0.2, -0.15) is 0 Å². The molecule has 0 aliphatic heterocycles. The third kappa shape index (κ3) is 2.78. The molecular weight excluding hydrogens is 334 g/mol. The van der Waals surface area contributed by atoms with Gasteiger partial charge < -0.3 is 11.1 Å². The fourth-order valence-corrected chi connectivity index (χ4v) is 3.54. The predicted molar refractivity (Wildman–Crippen MR) is 90.2 cm³/mol. The normalized spacial score (nSPS) is 10.9. The van der Waals surface area contributed by atoms with E-state index in [4.69, 9.17) is 5.73 Å². The van der Waals surface area contributed by atoms with Gasteiger partial charge in [0, 0.05) is 43.7 Å². The van der Waals surface area contributed by atoms with Gasteiger partial charge in [-0.3, -0.25) is 4.98 Å². The number of hydrogen-bond acceptors (Lipinski definition) is 4. The molecule has 3 nitrogen and oxygen atoms in total. The SMILES string of the molecule is Cc1cc(NCc2cc(Br)cs2)c2cc(N)ccc2n1. The maximum Gasteiger partial charge on any atom is 0.0727 e. The second-order valence-corrected chi connectivity index (χ2v) is 6.58. The Kier molecular flexibility index (Phi) is 3.63. The lowest BCUT2D eigenvalue weighted by Crippen LogP contribution is -2.00. The quantitative estimate of drug-likeness (QED) is 0.682. The van der Waals surface area contributed by atoms with Gasteiger partial charge in [-0.1, -0.05) is 0 Å². The molecular formula is C15H14BrN3S. The summed E-state index contributed by atoms with van der Waals surface area (Å²) in [5, 5.41) is 6.63. The van der Waals surface area contributed by atoms with Crippen LogP contribution in [0.15, 0.2) is 40.2 Å². The first kappa shape index (κ1) is 13.4. The highest BCUT2D eigenvalue weighted by Gasteiger charge is 2.05. The summed E-state index contributed by atoms with van der Waals surface area (Å²) in [5.74, 6) is 0. The van der Waals surface area contributed by atoms with Crippen LogP contribution >= 0.6 is 27.3 Å². The fourth-order valence-electron chi connectivity index (χ4n) is 2.15. The van der Waals surface area contributed by atoms with Crippen LogP contribution in [0.5, 0.6) is 0 Å². The summed E-state index contributed by atoms with van der Waals surface area (Å²) in [5.41, 5.74) is 9.67. The van der Waals surface area contributed by atoms with E-state index in [0.717, 1.165) is 39.0 Å². The van der Waals surface area contributed by atoms with Crippen LogP contribution in [0.2, 0.25) is 0 Å². The summed E-state index contributed by atoms with van der Waals surface area (Å²) >= 11 is 5.21. The summed E-state index contributed by atoms with van der Waals surface area (Å²) in [4.78, 5) is 5.82. The Morgan fingerprint density at radius 2 is 2.15 bits per heavy atom. The molecule has 3 aromatic rings. The first-order chi connectivity index (χ1) is 9.61. The fraction of sp³-hybridized carbons (Fsp3) is 0.133. The first-order valence-electron chi connectivity index (χ1n) is 6.25. The van der Waals surface area contributed by atoms with Crippen molar-refractivity contribution in [2.24, 2.45) is 0 Å². The zero-order valence-corrected chi connectivity index (χ0v) is 13.4. The summed E-state index contributed by atoms with van der Waals surface area (Å²) in [6.07, 6.45) is 0. The van der Waals surface area contributed by atoms with Crippen molar-refractivity contribution in [1.82, 2.24) is 4.98 Å². The molecule has 0 saturated heterocycles. The topological polar surface area (TPSA) is 50.9 Å². The van der Waals surface area contributed by atoms with Gasteiger partial charge in [0.15, 0.2) is 0 Å². The molecule has 20 heavy (non-hydrogen) atoms. The molecule has 0 saturated carbocycles. The van der Waals surface area contributed by atoms with Crippen LogP contribution in [0.4, 0.5) is 11.4 Å². The minimum absolute atomic E-state index is 0.755. The van der Waals surface area contributed by atoms with E-state index in [9.17, 15) is 0 Å². The third-order valence-corrected chi connectivity index (χ3v) is 4.73. The molecule has 0 atom stereocenters. The van der Waals surface area contributed by atoms with Crippen LogP contribution in [0.1, 0.15) is 10.6 Å². The standard InChI is InChI=1S/C15H14BrN3S/c1-9-4-15(18-7-12-5-10(16)8-20-12)13-6-11(17)2-3-14(13)19-9/h2-6,8H,7,17H2,1H3,(H,18,19). The molecule has 0 aliphatic rings. The molecule has 0 unspecified atom stereocenters. The Balaban J connectivity index is 1.95. The number of halogens is 1. The maximum atomic E-state index is 5.88. The zero-order chi connectivity index (χ0) is 14.1. The van der Waals surface area contributed by atoms with Crippen LogP contribution in [0.3, 0.4) is 0 Å². The molecule has 5 heteroatoms. The second kappa shape index (κ2) is 5.42. The van der Waals surface area contributed by atoms with Crippen molar-refractivity contribution in [2.45, 2.75) is 13.5 Å². The Morgan fingerprint density at radius 1 is 1.30 bits per heavy atom. The minimum atomic E-state index is 0.755. The molecule has 0 fully saturated rings. The van der Waals surface area contributed by atoms with Gasteiger partial charge in [-0.05, 0) is 53.2 Å². The number of pyridine rings is 1. The average Bonchev–Trinajstić information content (AvgIpc) is 2.82. The van der Waals surface area contributed by atoms with Crippen molar-refractivity contribution in [3.05, 3.63) is 50.8 Å². The van der Waals surface area contributed by atoms with Crippen LogP contribution in [-0.4, -0.2) is 4.98 Å². The predicted octanol–water partition coefficient (Wildman–Crippen LogP) is 4.56. The first-order valence-corrected chi connectivity index (χ1v) is 7.93. The van der Waals surface area contributed by atoms with Crippen LogP contribution in [0.25, 0.3) is 10.9 Å². The van der Waals surface area contributed by atoms with E-state index in [1.807, 2.05) is 25.1 Å².